The van der Waals surface area contributed by atoms with Crippen LogP contribution >= 0.6 is 15.9 Å². The van der Waals surface area contributed by atoms with Gasteiger partial charge in [-0.25, -0.2) is 13.1 Å². The Labute approximate surface area is 187 Å². The third-order valence-corrected chi connectivity index (χ3v) is 8.85. The summed E-state index contributed by atoms with van der Waals surface area (Å²) in [5.41, 5.74) is 3.39. The first kappa shape index (κ1) is 20.3. The number of allylic oxidation sites excluding steroid dienone is 2. The maximum Gasteiger partial charge on any atom is 0.240 e. The van der Waals surface area contributed by atoms with Crippen molar-refractivity contribution in [3.63, 3.8) is 0 Å². The van der Waals surface area contributed by atoms with Crippen molar-refractivity contribution in [1.82, 2.24) is 4.72 Å². The Morgan fingerprint density at radius 2 is 1.77 bits per heavy atom. The minimum absolute atomic E-state index is 0.0683. The van der Waals surface area contributed by atoms with Crippen molar-refractivity contribution in [3.8, 4) is 0 Å². The molecule has 0 spiro atoms. The average molecular weight is 487 g/mol. The second-order valence-electron chi connectivity index (χ2n) is 8.73. The zero-order chi connectivity index (χ0) is 20.7. The third-order valence-electron chi connectivity index (χ3n) is 6.80. The number of benzene rings is 2. The van der Waals surface area contributed by atoms with Crippen molar-refractivity contribution in [2.75, 3.05) is 5.32 Å². The predicted octanol–water partition coefficient (Wildman–Crippen LogP) is 5.89. The van der Waals surface area contributed by atoms with E-state index in [0.29, 0.717) is 10.8 Å². The van der Waals surface area contributed by atoms with Crippen LogP contribution < -0.4 is 10.0 Å². The molecule has 2 aromatic carbocycles. The van der Waals surface area contributed by atoms with Gasteiger partial charge in [-0.15, -0.1) is 0 Å². The van der Waals surface area contributed by atoms with Crippen LogP contribution in [0.3, 0.4) is 0 Å². The summed E-state index contributed by atoms with van der Waals surface area (Å²) in [5, 5.41) is 3.69. The molecule has 0 amide bonds. The lowest BCUT2D eigenvalue weighted by atomic mass is 9.77. The van der Waals surface area contributed by atoms with Crippen LogP contribution in [0.15, 0.2) is 64.0 Å². The van der Waals surface area contributed by atoms with E-state index in [0.717, 1.165) is 47.8 Å². The SMILES string of the molecule is O=S(=O)(NC1CCCCC1)c1ccc2c(c1)C1C=CCC1C(c1ccc(Br)cc1)N2. The average Bonchev–Trinajstić information content (AvgIpc) is 3.24. The Hall–Kier alpha value is -1.63. The Bertz CT molecular complexity index is 1060. The lowest BCUT2D eigenvalue weighted by Gasteiger charge is -2.37. The lowest BCUT2D eigenvalue weighted by Crippen LogP contribution is -2.36. The molecule has 1 heterocycles. The molecular weight excluding hydrogens is 460 g/mol. The topological polar surface area (TPSA) is 58.2 Å². The molecule has 3 aliphatic rings. The van der Waals surface area contributed by atoms with Gasteiger partial charge in [-0.2, -0.15) is 0 Å². The fraction of sp³-hybridized carbons (Fsp3) is 0.417. The standard InChI is InChI=1S/C24H27BrN2O2S/c25-17-11-9-16(10-12-17)24-21-8-4-7-20(21)22-15-19(13-14-23(22)26-24)30(28,29)27-18-5-2-1-3-6-18/h4,7,9-15,18,20-21,24,26-27H,1-3,5-6,8H2. The van der Waals surface area contributed by atoms with Crippen molar-refractivity contribution in [2.24, 2.45) is 5.92 Å². The summed E-state index contributed by atoms with van der Waals surface area (Å²) >= 11 is 3.52. The second kappa shape index (κ2) is 8.13. The van der Waals surface area contributed by atoms with Crippen LogP contribution in [-0.4, -0.2) is 14.5 Å². The highest BCUT2D eigenvalue weighted by atomic mass is 79.9. The molecule has 0 aromatic heterocycles. The zero-order valence-corrected chi connectivity index (χ0v) is 19.3. The molecule has 1 fully saturated rings. The molecule has 158 valence electrons. The van der Waals surface area contributed by atoms with Gasteiger partial charge >= 0.3 is 0 Å². The van der Waals surface area contributed by atoms with Crippen molar-refractivity contribution in [1.29, 1.82) is 0 Å². The van der Waals surface area contributed by atoms with Crippen LogP contribution in [0.5, 0.6) is 0 Å². The molecular formula is C24H27BrN2O2S. The van der Waals surface area contributed by atoms with Crippen LogP contribution in [-0.2, 0) is 10.0 Å². The first-order valence-electron chi connectivity index (χ1n) is 10.9. The lowest BCUT2D eigenvalue weighted by molar-refractivity contribution is 0.411. The molecule has 0 bridgehead atoms. The summed E-state index contributed by atoms with van der Waals surface area (Å²) in [4.78, 5) is 0.384. The van der Waals surface area contributed by atoms with E-state index in [9.17, 15) is 8.42 Å². The summed E-state index contributed by atoms with van der Waals surface area (Å²) in [7, 11) is -3.50. The van der Waals surface area contributed by atoms with Gasteiger partial charge in [0.2, 0.25) is 10.0 Å². The first-order chi connectivity index (χ1) is 14.5. The second-order valence-corrected chi connectivity index (χ2v) is 11.4. The van der Waals surface area contributed by atoms with Gasteiger partial charge in [0.05, 0.1) is 10.9 Å². The first-order valence-corrected chi connectivity index (χ1v) is 13.1. The number of fused-ring (bicyclic) bond motifs is 3. The molecule has 0 saturated heterocycles. The minimum Gasteiger partial charge on any atom is -0.378 e. The Morgan fingerprint density at radius 3 is 2.53 bits per heavy atom. The molecule has 1 aliphatic heterocycles. The van der Waals surface area contributed by atoms with Gasteiger partial charge in [-0.05, 0) is 66.6 Å². The van der Waals surface area contributed by atoms with Crippen LogP contribution in [0, 0.1) is 5.92 Å². The van der Waals surface area contributed by atoms with E-state index in [2.05, 4.69) is 62.4 Å². The summed E-state index contributed by atoms with van der Waals surface area (Å²) < 4.78 is 30.1. The van der Waals surface area contributed by atoms with Crippen LogP contribution in [0.1, 0.15) is 61.6 Å². The van der Waals surface area contributed by atoms with Crippen molar-refractivity contribution in [3.05, 3.63) is 70.2 Å². The quantitative estimate of drug-likeness (QED) is 0.529. The molecule has 5 rings (SSSR count). The maximum absolute atomic E-state index is 13.0. The molecule has 2 aliphatic carbocycles. The molecule has 2 aromatic rings. The summed E-state index contributed by atoms with van der Waals surface area (Å²) in [5.74, 6) is 0.627. The smallest absolute Gasteiger partial charge is 0.240 e. The van der Waals surface area contributed by atoms with E-state index < -0.39 is 10.0 Å². The van der Waals surface area contributed by atoms with Gasteiger partial charge in [-0.3, -0.25) is 0 Å². The van der Waals surface area contributed by atoms with Gasteiger partial charge in [0.25, 0.3) is 0 Å². The van der Waals surface area contributed by atoms with E-state index in [4.69, 9.17) is 0 Å². The van der Waals surface area contributed by atoms with Gasteiger partial charge in [0, 0.05) is 22.1 Å². The minimum atomic E-state index is -3.50. The number of hydrogen-bond donors (Lipinski definition) is 2. The van der Waals surface area contributed by atoms with Crippen LogP contribution in [0.4, 0.5) is 5.69 Å². The zero-order valence-electron chi connectivity index (χ0n) is 16.9. The molecule has 2 N–H and O–H groups in total. The summed E-state index contributed by atoms with van der Waals surface area (Å²) in [6, 6.07) is 14.3. The van der Waals surface area contributed by atoms with Crippen LogP contribution in [0.25, 0.3) is 0 Å². The Balaban J connectivity index is 1.45. The number of sulfonamides is 1. The maximum atomic E-state index is 13.0. The highest BCUT2D eigenvalue weighted by Crippen LogP contribution is 2.50. The summed E-state index contributed by atoms with van der Waals surface area (Å²) in [6.07, 6.45) is 10.8. The van der Waals surface area contributed by atoms with Crippen molar-refractivity contribution in [2.45, 2.75) is 61.4 Å². The molecule has 30 heavy (non-hydrogen) atoms. The normalized spacial score (nSPS) is 26.1. The van der Waals surface area contributed by atoms with E-state index >= 15 is 0 Å². The van der Waals surface area contributed by atoms with E-state index in [1.807, 2.05) is 12.1 Å². The fourth-order valence-corrected chi connectivity index (χ4v) is 6.85. The van der Waals surface area contributed by atoms with E-state index in [-0.39, 0.29) is 18.0 Å². The number of hydrogen-bond acceptors (Lipinski definition) is 3. The number of anilines is 1. The van der Waals surface area contributed by atoms with Gasteiger partial charge < -0.3 is 5.32 Å². The largest absolute Gasteiger partial charge is 0.378 e. The third kappa shape index (κ3) is 3.85. The van der Waals surface area contributed by atoms with Gasteiger partial charge in [0.1, 0.15) is 0 Å². The molecule has 4 nitrogen and oxygen atoms in total. The molecule has 1 saturated carbocycles. The molecule has 6 heteroatoms. The van der Waals surface area contributed by atoms with E-state index in [1.165, 1.54) is 12.0 Å². The highest BCUT2D eigenvalue weighted by molar-refractivity contribution is 9.10. The Morgan fingerprint density at radius 1 is 1.00 bits per heavy atom. The molecule has 3 atom stereocenters. The number of rotatable bonds is 4. The van der Waals surface area contributed by atoms with E-state index in [1.54, 1.807) is 6.07 Å². The van der Waals surface area contributed by atoms with Crippen LogP contribution in [0.2, 0.25) is 0 Å². The number of nitrogens with one attached hydrogen (secondary N) is 2. The van der Waals surface area contributed by atoms with Crippen molar-refractivity contribution >= 4 is 31.6 Å². The molecule has 0 radical (unpaired) electrons. The van der Waals surface area contributed by atoms with Gasteiger partial charge in [-0.1, -0.05) is 59.5 Å². The van der Waals surface area contributed by atoms with Gasteiger partial charge in [0.15, 0.2) is 0 Å². The number of halogens is 1. The monoisotopic (exact) mass is 486 g/mol. The fourth-order valence-electron chi connectivity index (χ4n) is 5.25. The Kier molecular flexibility index (Phi) is 5.50. The molecule has 3 unspecified atom stereocenters. The highest BCUT2D eigenvalue weighted by Gasteiger charge is 2.38. The predicted molar refractivity (Wildman–Crippen MR) is 124 cm³/mol. The summed E-state index contributed by atoms with van der Waals surface area (Å²) in [6.45, 7) is 0. The van der Waals surface area contributed by atoms with Crippen molar-refractivity contribution < 1.29 is 8.42 Å².